The largest absolute Gasteiger partial charge is 1.00 e. The number of hydrogen-bond acceptors (Lipinski definition) is 1. The molecule has 2 rings (SSSR count). The second-order valence-corrected chi connectivity index (χ2v) is 4.97. The van der Waals surface area contributed by atoms with Gasteiger partial charge in [0.05, 0.1) is 11.1 Å². The molecule has 2 aromatic carbocycles. The van der Waals surface area contributed by atoms with E-state index in [0.717, 1.165) is 24.3 Å². The monoisotopic (exact) mass is 394 g/mol. The van der Waals surface area contributed by atoms with E-state index < -0.39 is 23.5 Å². The Morgan fingerprint density at radius 2 is 1.38 bits per heavy atom. The molecule has 0 saturated carbocycles. The van der Waals surface area contributed by atoms with Crippen molar-refractivity contribution in [2.45, 2.75) is 12.4 Å². The smallest absolute Gasteiger partial charge is 0.416 e. The van der Waals surface area contributed by atoms with Crippen LogP contribution in [-0.2, 0) is 12.4 Å². The van der Waals surface area contributed by atoms with Crippen LogP contribution in [0.2, 0.25) is 0 Å². The summed E-state index contributed by atoms with van der Waals surface area (Å²) in [5.74, 6) is 0. The lowest BCUT2D eigenvalue weighted by molar-refractivity contribution is -0.346. The number of allylic oxidation sites excluding steroid dienone is 1. The molecule has 2 aromatic rings. The fraction of sp³-hybridized carbons (Fsp3) is 0.118. The van der Waals surface area contributed by atoms with Crippen molar-refractivity contribution in [3.05, 3.63) is 71.9 Å². The number of rotatable bonds is 4. The highest BCUT2D eigenvalue weighted by Gasteiger charge is 2.31. The topological polar surface area (TPSA) is 26.0 Å². The van der Waals surface area contributed by atoms with Gasteiger partial charge >= 0.3 is 12.4 Å². The van der Waals surface area contributed by atoms with Gasteiger partial charge in [-0.2, -0.15) is 26.3 Å². The van der Waals surface area contributed by atoms with Gasteiger partial charge in [-0.05, 0) is 24.3 Å². The maximum absolute atomic E-state index is 12.6. The molecule has 2 N–H and O–H groups in total. The number of anilines is 1. The minimum Gasteiger partial charge on any atom is -1.00 e. The molecule has 9 heteroatoms. The molecule has 0 amide bonds. The molecule has 0 fully saturated rings. The van der Waals surface area contributed by atoms with Crippen LogP contribution in [0, 0.1) is 0 Å². The van der Waals surface area contributed by atoms with Crippen molar-refractivity contribution in [3.63, 3.8) is 0 Å². The Balaban J connectivity index is 0.00000338. The van der Waals surface area contributed by atoms with Gasteiger partial charge in [0.2, 0.25) is 5.69 Å². The van der Waals surface area contributed by atoms with Gasteiger partial charge in [-0.25, -0.2) is 4.99 Å². The molecule has 0 aromatic heterocycles. The maximum atomic E-state index is 12.6. The predicted molar refractivity (Wildman–Crippen MR) is 82.3 cm³/mol. The van der Waals surface area contributed by atoms with Gasteiger partial charge in [-0.3, -0.25) is 0 Å². The number of halogens is 7. The highest BCUT2D eigenvalue weighted by molar-refractivity contribution is 5.67. The highest BCUT2D eigenvalue weighted by atomic mass is 35.5. The molecule has 140 valence electrons. The van der Waals surface area contributed by atoms with E-state index in [1.54, 1.807) is 0 Å². The molecule has 0 radical (unpaired) electrons. The van der Waals surface area contributed by atoms with Crippen LogP contribution >= 0.6 is 0 Å². The van der Waals surface area contributed by atoms with Crippen molar-refractivity contribution in [1.29, 1.82) is 0 Å². The second kappa shape index (κ2) is 8.75. The first-order valence-electron chi connectivity index (χ1n) is 7.02. The normalized spacial score (nSPS) is 12.4. The van der Waals surface area contributed by atoms with Crippen molar-refractivity contribution < 1.29 is 43.7 Å². The first-order valence-corrected chi connectivity index (χ1v) is 7.02. The van der Waals surface area contributed by atoms with Gasteiger partial charge in [0.1, 0.15) is 0 Å². The molecule has 2 nitrogen and oxygen atoms in total. The van der Waals surface area contributed by atoms with Crippen molar-refractivity contribution in [2.75, 3.05) is 5.32 Å². The SMILES string of the molecule is FC(F)(F)c1cccc(N/C=C/C=[NH+]c2cccc(C(F)(F)F)c2)c1.[Cl-]. The molecule has 0 heterocycles. The van der Waals surface area contributed by atoms with E-state index in [0.29, 0.717) is 0 Å². The summed E-state index contributed by atoms with van der Waals surface area (Å²) in [6, 6.07) is 9.26. The van der Waals surface area contributed by atoms with Crippen molar-refractivity contribution in [3.8, 4) is 0 Å². The second-order valence-electron chi connectivity index (χ2n) is 4.97. The standard InChI is InChI=1S/C17H12F6N2.ClH/c18-16(19,20)12-4-1-6-14(10-12)24-8-3-9-25-15-7-2-5-13(11-15)17(21,22)23;/h1-11,24H;1H/b8-3+,25-9?;. The van der Waals surface area contributed by atoms with Crippen LogP contribution in [0.4, 0.5) is 37.7 Å². The van der Waals surface area contributed by atoms with Crippen LogP contribution in [0.5, 0.6) is 0 Å². The molecule has 0 bridgehead atoms. The summed E-state index contributed by atoms with van der Waals surface area (Å²) in [7, 11) is 0. The lowest BCUT2D eigenvalue weighted by Gasteiger charge is -2.08. The molecule has 0 saturated heterocycles. The van der Waals surface area contributed by atoms with Crippen LogP contribution in [0.15, 0.2) is 60.8 Å². The zero-order valence-electron chi connectivity index (χ0n) is 13.0. The first-order chi connectivity index (χ1) is 11.7. The Hall–Kier alpha value is -2.48. The third kappa shape index (κ3) is 6.44. The molecule has 26 heavy (non-hydrogen) atoms. The fourth-order valence-corrected chi connectivity index (χ4v) is 1.91. The molecule has 0 aliphatic carbocycles. The van der Waals surface area contributed by atoms with Gasteiger partial charge in [-0.1, -0.05) is 12.1 Å². The summed E-state index contributed by atoms with van der Waals surface area (Å²) in [6.07, 6.45) is -4.73. The lowest BCUT2D eigenvalue weighted by Crippen LogP contribution is -3.00. The first kappa shape index (κ1) is 21.6. The average Bonchev–Trinajstić information content (AvgIpc) is 2.53. The number of alkyl halides is 6. The van der Waals surface area contributed by atoms with E-state index in [2.05, 4.69) is 10.3 Å². The molecular weight excluding hydrogens is 382 g/mol. The van der Waals surface area contributed by atoms with Gasteiger partial charge in [-0.15, -0.1) is 0 Å². The molecule has 0 aliphatic rings. The molecule has 0 aliphatic heterocycles. The van der Waals surface area contributed by atoms with Crippen LogP contribution in [0.1, 0.15) is 11.1 Å². The van der Waals surface area contributed by atoms with Gasteiger partial charge < -0.3 is 17.7 Å². The molecule has 0 spiro atoms. The van der Waals surface area contributed by atoms with E-state index >= 15 is 0 Å². The van der Waals surface area contributed by atoms with Crippen molar-refractivity contribution in [2.24, 2.45) is 0 Å². The number of hydrogen-bond donors (Lipinski definition) is 2. The third-order valence-corrected chi connectivity index (χ3v) is 3.07. The predicted octanol–water partition coefficient (Wildman–Crippen LogP) is 1.14. The molecule has 0 unspecified atom stereocenters. The Morgan fingerprint density at radius 3 is 2.00 bits per heavy atom. The quantitative estimate of drug-likeness (QED) is 0.590. The van der Waals surface area contributed by atoms with Gasteiger partial charge in [0, 0.05) is 30.1 Å². The highest BCUT2D eigenvalue weighted by Crippen LogP contribution is 2.31. The van der Waals surface area contributed by atoms with Gasteiger partial charge in [0.25, 0.3) is 0 Å². The van der Waals surface area contributed by atoms with E-state index in [1.807, 2.05) is 0 Å². The van der Waals surface area contributed by atoms with Gasteiger partial charge in [0.15, 0.2) is 6.21 Å². The van der Waals surface area contributed by atoms with Crippen LogP contribution in [-0.4, -0.2) is 6.21 Å². The van der Waals surface area contributed by atoms with Crippen molar-refractivity contribution in [1.82, 2.24) is 0 Å². The Labute approximate surface area is 151 Å². The van der Waals surface area contributed by atoms with Crippen LogP contribution in [0.3, 0.4) is 0 Å². The zero-order valence-corrected chi connectivity index (χ0v) is 13.8. The summed E-state index contributed by atoms with van der Waals surface area (Å²) in [4.78, 5) is 2.65. The van der Waals surface area contributed by atoms with E-state index in [1.165, 1.54) is 42.8 Å². The minimum atomic E-state index is -4.43. The van der Waals surface area contributed by atoms with Crippen LogP contribution in [0.25, 0.3) is 0 Å². The Morgan fingerprint density at radius 1 is 0.808 bits per heavy atom. The molecular formula is C17H13ClF6N2. The summed E-state index contributed by atoms with van der Waals surface area (Å²) in [5.41, 5.74) is -1.09. The summed E-state index contributed by atoms with van der Waals surface area (Å²) in [5, 5.41) is 2.65. The summed E-state index contributed by atoms with van der Waals surface area (Å²) < 4.78 is 75.4. The minimum absolute atomic E-state index is 0. The number of nitrogens with one attached hydrogen (secondary N) is 2. The van der Waals surface area contributed by atoms with E-state index in [-0.39, 0.29) is 23.8 Å². The lowest BCUT2D eigenvalue weighted by atomic mass is 10.2. The van der Waals surface area contributed by atoms with Crippen LogP contribution < -0.4 is 22.7 Å². The number of benzene rings is 2. The summed E-state index contributed by atoms with van der Waals surface area (Å²) >= 11 is 0. The third-order valence-electron chi connectivity index (χ3n) is 3.07. The average molecular weight is 395 g/mol. The summed E-state index contributed by atoms with van der Waals surface area (Å²) in [6.45, 7) is 0. The van der Waals surface area contributed by atoms with E-state index in [9.17, 15) is 26.3 Å². The van der Waals surface area contributed by atoms with E-state index in [4.69, 9.17) is 0 Å². The Kier molecular flexibility index (Phi) is 7.26. The zero-order chi connectivity index (χ0) is 18.5. The Bertz CT molecular complexity index is 781. The molecule has 0 atom stereocenters. The fourth-order valence-electron chi connectivity index (χ4n) is 1.91. The maximum Gasteiger partial charge on any atom is 0.416 e. The van der Waals surface area contributed by atoms with Crippen molar-refractivity contribution >= 4 is 17.6 Å².